The zero-order valence-corrected chi connectivity index (χ0v) is 19.5. The molecule has 1 amide bonds. The van der Waals surface area contributed by atoms with E-state index in [0.29, 0.717) is 37.1 Å². The van der Waals surface area contributed by atoms with E-state index in [1.807, 2.05) is 19.9 Å². The highest BCUT2D eigenvalue weighted by Gasteiger charge is 2.33. The molecule has 4 heterocycles. The molecular weight excluding hydrogens is 457 g/mol. The zero-order chi connectivity index (χ0) is 24.7. The van der Waals surface area contributed by atoms with Crippen LogP contribution >= 0.6 is 0 Å². The molecule has 0 aliphatic carbocycles. The van der Waals surface area contributed by atoms with Gasteiger partial charge in [-0.05, 0) is 38.3 Å². The smallest absolute Gasteiger partial charge is 0.338 e. The number of nitrogens with zero attached hydrogens (tertiary/aromatic N) is 6. The minimum atomic E-state index is -4.41. The molecule has 1 fully saturated rings. The molecule has 0 atom stereocenters. The third-order valence-corrected chi connectivity index (χ3v) is 6.64. The van der Waals surface area contributed by atoms with E-state index in [0.717, 1.165) is 23.3 Å². The van der Waals surface area contributed by atoms with Crippen molar-refractivity contribution in [1.82, 2.24) is 29.0 Å². The van der Waals surface area contributed by atoms with E-state index >= 15 is 0 Å². The number of aryl methyl sites for hydroxylation is 2. The number of benzene rings is 1. The number of imidazole rings is 1. The molecule has 7 nitrogen and oxygen atoms in total. The summed E-state index contributed by atoms with van der Waals surface area (Å²) >= 11 is 0. The Morgan fingerprint density at radius 2 is 1.86 bits per heavy atom. The number of alkyl halides is 3. The Morgan fingerprint density at radius 1 is 1.11 bits per heavy atom. The van der Waals surface area contributed by atoms with Gasteiger partial charge in [0.1, 0.15) is 5.82 Å². The van der Waals surface area contributed by atoms with Crippen molar-refractivity contribution in [2.45, 2.75) is 45.3 Å². The Hall–Kier alpha value is -3.69. The van der Waals surface area contributed by atoms with Crippen molar-refractivity contribution in [3.05, 3.63) is 82.8 Å². The predicted octanol–water partition coefficient (Wildman–Crippen LogP) is 4.63. The zero-order valence-electron chi connectivity index (χ0n) is 19.5. The number of carbonyl (C=O) groups excluding carboxylic acids is 1. The first-order valence-electron chi connectivity index (χ1n) is 11.5. The number of hydrogen-bond donors (Lipinski definition) is 0. The lowest BCUT2D eigenvalue weighted by Gasteiger charge is -2.32. The fraction of sp³-hybridized carbons (Fsp3) is 0.360. The van der Waals surface area contributed by atoms with E-state index in [1.54, 1.807) is 38.6 Å². The van der Waals surface area contributed by atoms with Gasteiger partial charge in [-0.1, -0.05) is 18.2 Å². The highest BCUT2D eigenvalue weighted by atomic mass is 19.4. The van der Waals surface area contributed by atoms with Crippen LogP contribution in [-0.2, 0) is 12.7 Å². The van der Waals surface area contributed by atoms with Crippen LogP contribution in [0.1, 0.15) is 57.5 Å². The van der Waals surface area contributed by atoms with E-state index in [2.05, 4.69) is 15.1 Å². The van der Waals surface area contributed by atoms with Crippen molar-refractivity contribution in [2.24, 2.45) is 0 Å². The molecular formula is C25H25F3N6O. The average molecular weight is 483 g/mol. The highest BCUT2D eigenvalue weighted by Crippen LogP contribution is 2.33. The van der Waals surface area contributed by atoms with Crippen LogP contribution in [0.3, 0.4) is 0 Å². The van der Waals surface area contributed by atoms with Crippen molar-refractivity contribution in [1.29, 1.82) is 0 Å². The second-order valence-electron chi connectivity index (χ2n) is 8.95. The number of hydrogen-bond acceptors (Lipinski definition) is 4. The molecule has 5 rings (SSSR count). The minimum absolute atomic E-state index is 0.0579. The second-order valence-corrected chi connectivity index (χ2v) is 8.95. The predicted molar refractivity (Wildman–Crippen MR) is 123 cm³/mol. The number of aromatic nitrogens is 5. The summed E-state index contributed by atoms with van der Waals surface area (Å²) in [5.74, 6) is 0.717. The van der Waals surface area contributed by atoms with Crippen LogP contribution < -0.4 is 0 Å². The molecule has 0 spiro atoms. The lowest BCUT2D eigenvalue weighted by atomic mass is 9.95. The first-order chi connectivity index (χ1) is 16.7. The molecule has 0 N–H and O–H groups in total. The van der Waals surface area contributed by atoms with Crippen LogP contribution in [-0.4, -0.2) is 48.0 Å². The van der Waals surface area contributed by atoms with Gasteiger partial charge >= 0.3 is 6.18 Å². The van der Waals surface area contributed by atoms with E-state index in [1.165, 1.54) is 12.1 Å². The summed E-state index contributed by atoms with van der Waals surface area (Å²) in [5.41, 5.74) is 2.37. The molecule has 0 saturated carbocycles. The Morgan fingerprint density at radius 3 is 2.60 bits per heavy atom. The van der Waals surface area contributed by atoms with Crippen LogP contribution in [0.15, 0.2) is 48.9 Å². The Bertz CT molecular complexity index is 1380. The molecule has 0 radical (unpaired) electrons. The number of rotatable bonds is 4. The standard InChI is InChI=1S/C25H25F3N6O/c1-16-13-22-30-14-20(17(2)34(22)31-16)24(35)32-10-7-18(8-11-32)23-29-9-12-33(23)15-19-5-3-4-6-21(19)25(26,27)28/h3-6,9,12-14,18H,7-8,10-11,15H2,1-2H3. The summed E-state index contributed by atoms with van der Waals surface area (Å²) in [7, 11) is 0. The molecule has 1 aromatic carbocycles. The van der Waals surface area contributed by atoms with Crippen molar-refractivity contribution >= 4 is 11.6 Å². The van der Waals surface area contributed by atoms with Gasteiger partial charge in [0.15, 0.2) is 5.65 Å². The SMILES string of the molecule is Cc1cc2ncc(C(=O)N3CCC(c4nccn4Cc4ccccc4C(F)(F)F)CC3)c(C)n2n1. The summed E-state index contributed by atoms with van der Waals surface area (Å²) in [6, 6.07) is 7.49. The Labute approximate surface area is 200 Å². The molecule has 35 heavy (non-hydrogen) atoms. The third-order valence-electron chi connectivity index (χ3n) is 6.64. The van der Waals surface area contributed by atoms with Crippen LogP contribution in [0.5, 0.6) is 0 Å². The Kier molecular flexibility index (Phi) is 5.82. The van der Waals surface area contributed by atoms with Gasteiger partial charge in [0.2, 0.25) is 0 Å². The molecule has 182 valence electrons. The van der Waals surface area contributed by atoms with Crippen molar-refractivity contribution in [3.8, 4) is 0 Å². The number of halogens is 3. The molecule has 1 aliphatic rings. The van der Waals surface area contributed by atoms with Gasteiger partial charge in [0.25, 0.3) is 5.91 Å². The van der Waals surface area contributed by atoms with E-state index in [-0.39, 0.29) is 23.9 Å². The molecule has 3 aromatic heterocycles. The van der Waals surface area contributed by atoms with Gasteiger partial charge in [-0.3, -0.25) is 4.79 Å². The summed E-state index contributed by atoms with van der Waals surface area (Å²) in [5, 5.41) is 4.41. The van der Waals surface area contributed by atoms with Gasteiger partial charge in [0, 0.05) is 50.2 Å². The summed E-state index contributed by atoms with van der Waals surface area (Å²) in [4.78, 5) is 23.9. The minimum Gasteiger partial charge on any atom is -0.338 e. The molecule has 0 bridgehead atoms. The topological polar surface area (TPSA) is 68.3 Å². The first-order valence-corrected chi connectivity index (χ1v) is 11.5. The van der Waals surface area contributed by atoms with Gasteiger partial charge in [-0.25, -0.2) is 14.5 Å². The normalized spacial score (nSPS) is 15.2. The maximum atomic E-state index is 13.4. The van der Waals surface area contributed by atoms with Gasteiger partial charge < -0.3 is 9.47 Å². The quantitative estimate of drug-likeness (QED) is 0.425. The number of fused-ring (bicyclic) bond motifs is 1. The van der Waals surface area contributed by atoms with Crippen molar-refractivity contribution in [2.75, 3.05) is 13.1 Å². The maximum absolute atomic E-state index is 13.4. The van der Waals surface area contributed by atoms with Crippen molar-refractivity contribution < 1.29 is 18.0 Å². The molecule has 0 unspecified atom stereocenters. The summed E-state index contributed by atoms with van der Waals surface area (Å²) in [6.07, 6.45) is 1.90. The van der Waals surface area contributed by atoms with Crippen LogP contribution in [0.2, 0.25) is 0 Å². The monoisotopic (exact) mass is 482 g/mol. The number of amides is 1. The largest absolute Gasteiger partial charge is 0.416 e. The number of piperidine rings is 1. The van der Waals surface area contributed by atoms with Crippen LogP contribution in [0, 0.1) is 13.8 Å². The molecule has 4 aromatic rings. The second kappa shape index (κ2) is 8.83. The van der Waals surface area contributed by atoms with E-state index < -0.39 is 11.7 Å². The first kappa shape index (κ1) is 23.1. The van der Waals surface area contributed by atoms with Gasteiger partial charge in [0.05, 0.1) is 22.5 Å². The van der Waals surface area contributed by atoms with Crippen LogP contribution in [0.4, 0.5) is 13.2 Å². The van der Waals surface area contributed by atoms with Crippen LogP contribution in [0.25, 0.3) is 5.65 Å². The maximum Gasteiger partial charge on any atom is 0.416 e. The van der Waals surface area contributed by atoms with E-state index in [4.69, 9.17) is 0 Å². The van der Waals surface area contributed by atoms with E-state index in [9.17, 15) is 18.0 Å². The molecule has 10 heteroatoms. The molecule has 1 saturated heterocycles. The lowest BCUT2D eigenvalue weighted by molar-refractivity contribution is -0.138. The highest BCUT2D eigenvalue weighted by molar-refractivity contribution is 5.95. The van der Waals surface area contributed by atoms with Gasteiger partial charge in [-0.2, -0.15) is 18.3 Å². The van der Waals surface area contributed by atoms with Crippen molar-refractivity contribution in [3.63, 3.8) is 0 Å². The Balaban J connectivity index is 1.30. The lowest BCUT2D eigenvalue weighted by Crippen LogP contribution is -2.39. The number of carbonyl (C=O) groups is 1. The third kappa shape index (κ3) is 4.40. The average Bonchev–Trinajstić information content (AvgIpc) is 3.45. The fourth-order valence-electron chi connectivity index (χ4n) is 4.82. The van der Waals surface area contributed by atoms with Gasteiger partial charge in [-0.15, -0.1) is 0 Å². The molecule has 1 aliphatic heterocycles. The summed E-state index contributed by atoms with van der Waals surface area (Å²) in [6.45, 7) is 4.90. The fourth-order valence-corrected chi connectivity index (χ4v) is 4.82. The number of likely N-dealkylation sites (tertiary alicyclic amines) is 1. The summed E-state index contributed by atoms with van der Waals surface area (Å²) < 4.78 is 43.8.